The van der Waals surface area contributed by atoms with Crippen molar-refractivity contribution in [3.63, 3.8) is 0 Å². The summed E-state index contributed by atoms with van der Waals surface area (Å²) in [7, 11) is 0. The van der Waals surface area contributed by atoms with Crippen molar-refractivity contribution < 1.29 is 4.74 Å². The van der Waals surface area contributed by atoms with E-state index in [9.17, 15) is 0 Å². The third-order valence-corrected chi connectivity index (χ3v) is 4.43. The van der Waals surface area contributed by atoms with Gasteiger partial charge < -0.3 is 4.74 Å². The zero-order valence-electron chi connectivity index (χ0n) is 6.70. The molecule has 1 saturated heterocycles. The van der Waals surface area contributed by atoms with Gasteiger partial charge in [-0.05, 0) is 49.4 Å². The van der Waals surface area contributed by atoms with Gasteiger partial charge in [0.05, 0.1) is 12.2 Å². The van der Waals surface area contributed by atoms with Crippen LogP contribution in [-0.4, -0.2) is 12.2 Å². The SMILES string of the molecule is C1C2CC3CC4OC4C3CC12. The Labute approximate surface area is 67.1 Å². The Morgan fingerprint density at radius 3 is 2.64 bits per heavy atom. The van der Waals surface area contributed by atoms with Crippen LogP contribution in [0.15, 0.2) is 0 Å². The molecule has 1 heteroatoms. The van der Waals surface area contributed by atoms with Crippen molar-refractivity contribution in [2.24, 2.45) is 23.7 Å². The van der Waals surface area contributed by atoms with E-state index in [1.807, 2.05) is 0 Å². The Morgan fingerprint density at radius 1 is 0.818 bits per heavy atom. The molecule has 0 aromatic carbocycles. The fraction of sp³-hybridized carbons (Fsp3) is 1.00. The number of ether oxygens (including phenoxy) is 1. The molecule has 6 atom stereocenters. The van der Waals surface area contributed by atoms with Crippen molar-refractivity contribution in [2.75, 3.05) is 0 Å². The van der Waals surface area contributed by atoms with E-state index in [0.29, 0.717) is 0 Å². The molecule has 0 bridgehead atoms. The smallest absolute Gasteiger partial charge is 0.0872 e. The Morgan fingerprint density at radius 2 is 1.64 bits per heavy atom. The molecule has 0 aromatic heterocycles. The second-order valence-corrected chi connectivity index (χ2v) is 5.03. The molecule has 3 saturated carbocycles. The first-order valence-corrected chi connectivity index (χ1v) is 5.07. The summed E-state index contributed by atoms with van der Waals surface area (Å²) in [4.78, 5) is 0. The van der Waals surface area contributed by atoms with Gasteiger partial charge in [0.15, 0.2) is 0 Å². The first-order chi connectivity index (χ1) is 5.42. The van der Waals surface area contributed by atoms with Crippen molar-refractivity contribution in [3.8, 4) is 0 Å². The van der Waals surface area contributed by atoms with E-state index in [-0.39, 0.29) is 0 Å². The largest absolute Gasteiger partial charge is 0.369 e. The van der Waals surface area contributed by atoms with Crippen molar-refractivity contribution in [1.29, 1.82) is 0 Å². The predicted octanol–water partition coefficient (Wildman–Crippen LogP) is 1.82. The van der Waals surface area contributed by atoms with Gasteiger partial charge in [-0.1, -0.05) is 0 Å². The number of hydrogen-bond donors (Lipinski definition) is 0. The average Bonchev–Trinajstić information content (AvgIpc) is 2.84. The van der Waals surface area contributed by atoms with Gasteiger partial charge in [-0.15, -0.1) is 0 Å². The van der Waals surface area contributed by atoms with Crippen LogP contribution in [0, 0.1) is 23.7 Å². The number of epoxide rings is 1. The van der Waals surface area contributed by atoms with Crippen LogP contribution >= 0.6 is 0 Å². The highest BCUT2D eigenvalue weighted by molar-refractivity contribution is 5.09. The summed E-state index contributed by atoms with van der Waals surface area (Å²) < 4.78 is 5.59. The normalized spacial score (nSPS) is 69.8. The maximum atomic E-state index is 5.59. The van der Waals surface area contributed by atoms with E-state index < -0.39 is 0 Å². The summed E-state index contributed by atoms with van der Waals surface area (Å²) in [5, 5.41) is 0. The lowest BCUT2D eigenvalue weighted by atomic mass is 9.81. The zero-order valence-corrected chi connectivity index (χ0v) is 6.70. The van der Waals surface area contributed by atoms with Crippen LogP contribution in [0.5, 0.6) is 0 Å². The standard InChI is InChI=1S/C10H14O/c1-5-2-7-4-9-10(11-9)8(7)3-6(1)5/h5-10H,1-4H2. The molecule has 0 radical (unpaired) electrons. The van der Waals surface area contributed by atoms with E-state index in [0.717, 1.165) is 35.9 Å². The minimum absolute atomic E-state index is 0.725. The molecule has 6 unspecified atom stereocenters. The van der Waals surface area contributed by atoms with E-state index in [4.69, 9.17) is 4.74 Å². The molecule has 4 fully saturated rings. The molecule has 1 heterocycles. The van der Waals surface area contributed by atoms with Crippen molar-refractivity contribution in [1.82, 2.24) is 0 Å². The number of hydrogen-bond acceptors (Lipinski definition) is 1. The third kappa shape index (κ3) is 0.618. The second kappa shape index (κ2) is 1.52. The molecule has 1 aliphatic heterocycles. The minimum Gasteiger partial charge on any atom is -0.369 e. The molecule has 4 aliphatic rings. The second-order valence-electron chi connectivity index (χ2n) is 5.03. The molecule has 0 spiro atoms. The fourth-order valence-electron chi connectivity index (χ4n) is 3.69. The van der Waals surface area contributed by atoms with E-state index in [1.54, 1.807) is 12.8 Å². The number of rotatable bonds is 0. The molecule has 4 rings (SSSR count). The molecular formula is C10H14O. The van der Waals surface area contributed by atoms with Crippen LogP contribution in [0.4, 0.5) is 0 Å². The maximum Gasteiger partial charge on any atom is 0.0872 e. The highest BCUT2D eigenvalue weighted by Gasteiger charge is 2.60. The average molecular weight is 150 g/mol. The van der Waals surface area contributed by atoms with Gasteiger partial charge in [-0.2, -0.15) is 0 Å². The van der Waals surface area contributed by atoms with Gasteiger partial charge in [-0.3, -0.25) is 0 Å². The Hall–Kier alpha value is -0.0400. The molecule has 0 N–H and O–H groups in total. The highest BCUT2D eigenvalue weighted by Crippen LogP contribution is 2.62. The molecule has 11 heavy (non-hydrogen) atoms. The van der Waals surface area contributed by atoms with Crippen LogP contribution in [0.1, 0.15) is 25.7 Å². The monoisotopic (exact) mass is 150 g/mol. The lowest BCUT2D eigenvalue weighted by Crippen LogP contribution is -2.20. The number of fused-ring (bicyclic) bond motifs is 4. The summed E-state index contributed by atoms with van der Waals surface area (Å²) in [6.45, 7) is 0. The quantitative estimate of drug-likeness (QED) is 0.480. The van der Waals surface area contributed by atoms with Gasteiger partial charge in [-0.25, -0.2) is 0 Å². The van der Waals surface area contributed by atoms with Crippen molar-refractivity contribution in [3.05, 3.63) is 0 Å². The van der Waals surface area contributed by atoms with Gasteiger partial charge in [0, 0.05) is 0 Å². The Kier molecular flexibility index (Phi) is 0.769. The predicted molar refractivity (Wildman–Crippen MR) is 41.1 cm³/mol. The summed E-state index contributed by atoms with van der Waals surface area (Å²) in [6, 6.07) is 0. The molecule has 60 valence electrons. The van der Waals surface area contributed by atoms with Crippen LogP contribution in [-0.2, 0) is 4.74 Å². The summed E-state index contributed by atoms with van der Waals surface area (Å²) in [6.07, 6.45) is 7.52. The van der Waals surface area contributed by atoms with Crippen molar-refractivity contribution in [2.45, 2.75) is 37.9 Å². The third-order valence-electron chi connectivity index (χ3n) is 4.43. The summed E-state index contributed by atoms with van der Waals surface area (Å²) >= 11 is 0. The van der Waals surface area contributed by atoms with Gasteiger partial charge >= 0.3 is 0 Å². The van der Waals surface area contributed by atoms with Crippen LogP contribution < -0.4 is 0 Å². The first-order valence-electron chi connectivity index (χ1n) is 5.07. The van der Waals surface area contributed by atoms with Crippen LogP contribution in [0.3, 0.4) is 0 Å². The molecule has 0 amide bonds. The van der Waals surface area contributed by atoms with E-state index in [1.165, 1.54) is 12.8 Å². The lowest BCUT2D eigenvalue weighted by molar-refractivity contribution is 0.152. The van der Waals surface area contributed by atoms with E-state index in [2.05, 4.69) is 0 Å². The molecule has 3 aliphatic carbocycles. The van der Waals surface area contributed by atoms with Crippen LogP contribution in [0.2, 0.25) is 0 Å². The zero-order chi connectivity index (χ0) is 7.00. The summed E-state index contributed by atoms with van der Waals surface area (Å²) in [5.74, 6) is 4.39. The Balaban J connectivity index is 1.65. The van der Waals surface area contributed by atoms with Crippen LogP contribution in [0.25, 0.3) is 0 Å². The van der Waals surface area contributed by atoms with Crippen molar-refractivity contribution >= 4 is 0 Å². The summed E-state index contributed by atoms with van der Waals surface area (Å²) in [5.41, 5.74) is 0. The fourth-order valence-corrected chi connectivity index (χ4v) is 3.69. The highest BCUT2D eigenvalue weighted by atomic mass is 16.6. The first kappa shape index (κ1) is 5.58. The Bertz CT molecular complexity index is 213. The maximum absolute atomic E-state index is 5.59. The van der Waals surface area contributed by atoms with Gasteiger partial charge in [0.25, 0.3) is 0 Å². The van der Waals surface area contributed by atoms with Gasteiger partial charge in [0.2, 0.25) is 0 Å². The minimum atomic E-state index is 0.725. The molecular weight excluding hydrogens is 136 g/mol. The molecule has 1 nitrogen and oxygen atoms in total. The molecule has 0 aromatic rings. The van der Waals surface area contributed by atoms with E-state index >= 15 is 0 Å². The lowest BCUT2D eigenvalue weighted by Gasteiger charge is -2.25. The van der Waals surface area contributed by atoms with Gasteiger partial charge in [0.1, 0.15) is 0 Å². The topological polar surface area (TPSA) is 12.5 Å².